The Morgan fingerprint density at radius 2 is 1.67 bits per heavy atom. The number of methoxy groups -OCH3 is 2. The molecule has 0 bridgehead atoms. The van der Waals surface area contributed by atoms with Crippen molar-refractivity contribution in [3.8, 4) is 11.5 Å². The molecule has 0 saturated carbocycles. The van der Waals surface area contributed by atoms with Crippen molar-refractivity contribution in [1.29, 1.82) is 0 Å². The molecule has 0 aromatic heterocycles. The summed E-state index contributed by atoms with van der Waals surface area (Å²) in [5.41, 5.74) is 1.14. The zero-order chi connectivity index (χ0) is 15.6. The molecule has 0 unspecified atom stereocenters. The van der Waals surface area contributed by atoms with Crippen molar-refractivity contribution in [3.05, 3.63) is 23.3 Å². The van der Waals surface area contributed by atoms with E-state index in [0.29, 0.717) is 19.3 Å². The van der Waals surface area contributed by atoms with Crippen LogP contribution in [0.3, 0.4) is 0 Å². The van der Waals surface area contributed by atoms with E-state index in [2.05, 4.69) is 5.32 Å². The number of Topliss-reactive ketones (excluding diaryl/α,β-unsaturated/α-hetero) is 1. The van der Waals surface area contributed by atoms with Gasteiger partial charge in [0.1, 0.15) is 17.0 Å². The summed E-state index contributed by atoms with van der Waals surface area (Å²) in [5, 5.41) is 2.84. The van der Waals surface area contributed by atoms with Crippen molar-refractivity contribution in [3.63, 3.8) is 0 Å². The average molecular weight is 292 g/mol. The van der Waals surface area contributed by atoms with Crippen molar-refractivity contribution >= 4 is 11.7 Å². The highest BCUT2D eigenvalue weighted by molar-refractivity contribution is 5.91. The summed E-state index contributed by atoms with van der Waals surface area (Å²) in [6.45, 7) is 2.95. The van der Waals surface area contributed by atoms with Crippen LogP contribution in [-0.2, 0) is 22.4 Å². The summed E-state index contributed by atoms with van der Waals surface area (Å²) in [4.78, 5) is 23.6. The molecule has 1 aromatic carbocycles. The highest BCUT2D eigenvalue weighted by Gasteiger charge is 2.41. The van der Waals surface area contributed by atoms with Crippen LogP contribution < -0.4 is 14.8 Å². The Morgan fingerprint density at radius 3 is 2.14 bits per heavy atom. The second-order valence-electron chi connectivity index (χ2n) is 5.42. The molecule has 0 saturated heterocycles. The first-order chi connectivity index (χ1) is 9.93. The maximum atomic E-state index is 12.1. The van der Waals surface area contributed by atoms with Gasteiger partial charge in [0.15, 0.2) is 5.78 Å². The summed E-state index contributed by atoms with van der Waals surface area (Å²) >= 11 is 0. The third-order valence-electron chi connectivity index (χ3n) is 4.15. The molecule has 0 spiro atoms. The van der Waals surface area contributed by atoms with E-state index in [4.69, 9.17) is 9.47 Å². The molecule has 1 aliphatic carbocycles. The molecule has 1 aliphatic rings. The summed E-state index contributed by atoms with van der Waals surface area (Å²) in [7, 11) is 3.23. The van der Waals surface area contributed by atoms with Crippen LogP contribution in [0.15, 0.2) is 12.1 Å². The molecular formula is C16H21NO4. The summed E-state index contributed by atoms with van der Waals surface area (Å²) in [6.07, 6.45) is 1.66. The number of rotatable bonds is 4. The number of nitrogens with one attached hydrogen (secondary N) is 1. The number of amides is 1. The van der Waals surface area contributed by atoms with Gasteiger partial charge in [-0.05, 0) is 31.9 Å². The summed E-state index contributed by atoms with van der Waals surface area (Å²) < 4.78 is 10.8. The van der Waals surface area contributed by atoms with Crippen LogP contribution in [0.4, 0.5) is 0 Å². The van der Waals surface area contributed by atoms with Crippen molar-refractivity contribution in [2.75, 3.05) is 14.2 Å². The van der Waals surface area contributed by atoms with E-state index in [1.165, 1.54) is 13.8 Å². The van der Waals surface area contributed by atoms with Gasteiger partial charge in [0.25, 0.3) is 0 Å². The standard InChI is InChI=1S/C16H21NO4/c1-10(18)16(17-11(2)19)8-7-12-13(9-16)15(21-4)6-5-14(12)20-3/h5-6H,7-9H2,1-4H3,(H,17,19)/t16-/m1/s1/i11+1. The van der Waals surface area contributed by atoms with Gasteiger partial charge < -0.3 is 14.8 Å². The van der Waals surface area contributed by atoms with Gasteiger partial charge >= 0.3 is 0 Å². The number of fused-ring (bicyclic) bond motifs is 1. The van der Waals surface area contributed by atoms with Gasteiger partial charge in [0.05, 0.1) is 14.2 Å². The van der Waals surface area contributed by atoms with Crippen LogP contribution in [0.1, 0.15) is 31.4 Å². The molecule has 114 valence electrons. The number of carbonyl (C=O) groups excluding carboxylic acids is 2. The molecule has 0 radical (unpaired) electrons. The van der Waals surface area contributed by atoms with Gasteiger partial charge in [0.2, 0.25) is 5.91 Å². The minimum atomic E-state index is -0.849. The Balaban J connectivity index is 2.50. The van der Waals surface area contributed by atoms with Gasteiger partial charge in [-0.15, -0.1) is 0 Å². The Morgan fingerprint density at radius 1 is 1.10 bits per heavy atom. The van der Waals surface area contributed by atoms with E-state index < -0.39 is 5.54 Å². The van der Waals surface area contributed by atoms with Crippen LogP contribution in [0.2, 0.25) is 0 Å². The van der Waals surface area contributed by atoms with E-state index in [1.807, 2.05) is 12.1 Å². The lowest BCUT2D eigenvalue weighted by Gasteiger charge is -2.37. The lowest BCUT2D eigenvalue weighted by molar-refractivity contribution is -0.130. The Kier molecular flexibility index (Phi) is 4.21. The number of hydrogen-bond donors (Lipinski definition) is 1. The van der Waals surface area contributed by atoms with E-state index >= 15 is 0 Å². The maximum Gasteiger partial charge on any atom is 0.217 e. The highest BCUT2D eigenvalue weighted by Crippen LogP contribution is 2.39. The summed E-state index contributed by atoms with van der Waals surface area (Å²) in [6, 6.07) is 3.71. The molecule has 5 heteroatoms. The minimum Gasteiger partial charge on any atom is -0.496 e. The van der Waals surface area contributed by atoms with E-state index in [9.17, 15) is 9.59 Å². The first kappa shape index (κ1) is 15.4. The number of carbonyl (C=O) groups is 2. The Hall–Kier alpha value is -2.04. The third kappa shape index (κ3) is 2.73. The lowest BCUT2D eigenvalue weighted by Crippen LogP contribution is -2.56. The zero-order valence-corrected chi connectivity index (χ0v) is 12.9. The number of ketones is 1. The van der Waals surface area contributed by atoms with E-state index in [0.717, 1.165) is 22.6 Å². The van der Waals surface area contributed by atoms with Crippen LogP contribution in [0.5, 0.6) is 11.5 Å². The van der Waals surface area contributed by atoms with Gasteiger partial charge in [-0.25, -0.2) is 0 Å². The minimum absolute atomic E-state index is 0.0341. The number of ether oxygens (including phenoxy) is 2. The van der Waals surface area contributed by atoms with Crippen LogP contribution in [0.25, 0.3) is 0 Å². The van der Waals surface area contributed by atoms with Crippen LogP contribution in [0, 0.1) is 0 Å². The molecule has 1 N–H and O–H groups in total. The fourth-order valence-corrected chi connectivity index (χ4v) is 3.06. The Labute approximate surface area is 124 Å². The molecule has 0 fully saturated rings. The van der Waals surface area contributed by atoms with Gasteiger partial charge in [0, 0.05) is 24.5 Å². The monoisotopic (exact) mass is 292 g/mol. The van der Waals surface area contributed by atoms with E-state index in [-0.39, 0.29) is 11.7 Å². The topological polar surface area (TPSA) is 64.6 Å². The predicted octanol–water partition coefficient (Wildman–Crippen LogP) is 1.66. The quantitative estimate of drug-likeness (QED) is 0.857. The molecule has 5 nitrogen and oxygen atoms in total. The molecule has 1 atom stereocenters. The van der Waals surface area contributed by atoms with Gasteiger partial charge in [-0.1, -0.05) is 0 Å². The average Bonchev–Trinajstić information content (AvgIpc) is 2.45. The second-order valence-corrected chi connectivity index (χ2v) is 5.42. The van der Waals surface area contributed by atoms with Crippen molar-refractivity contribution in [1.82, 2.24) is 5.32 Å². The van der Waals surface area contributed by atoms with Gasteiger partial charge in [-0.2, -0.15) is 0 Å². The number of benzene rings is 1. The maximum absolute atomic E-state index is 12.1. The second kappa shape index (κ2) is 5.76. The first-order valence-electron chi connectivity index (χ1n) is 6.96. The van der Waals surface area contributed by atoms with Crippen molar-refractivity contribution in [2.24, 2.45) is 0 Å². The molecule has 0 aliphatic heterocycles. The number of hydrogen-bond acceptors (Lipinski definition) is 4. The van der Waals surface area contributed by atoms with Gasteiger partial charge in [-0.3, -0.25) is 9.59 Å². The van der Waals surface area contributed by atoms with Crippen molar-refractivity contribution in [2.45, 2.75) is 38.6 Å². The normalized spacial score (nSPS) is 20.4. The Bertz CT molecular complexity index is 582. The smallest absolute Gasteiger partial charge is 0.217 e. The largest absolute Gasteiger partial charge is 0.496 e. The van der Waals surface area contributed by atoms with Crippen LogP contribution in [-0.4, -0.2) is 31.4 Å². The predicted molar refractivity (Wildman–Crippen MR) is 78.8 cm³/mol. The third-order valence-corrected chi connectivity index (χ3v) is 4.15. The van der Waals surface area contributed by atoms with Crippen molar-refractivity contribution < 1.29 is 19.1 Å². The lowest BCUT2D eigenvalue weighted by atomic mass is 9.75. The molecule has 1 aromatic rings. The molecular weight excluding hydrogens is 271 g/mol. The molecule has 21 heavy (non-hydrogen) atoms. The SMILES string of the molecule is COc1ccc(OC)c2c1CC[C@](N[13C](C)=O)(C(C)=O)C2. The molecule has 1 amide bonds. The summed E-state index contributed by atoms with van der Waals surface area (Å²) in [5.74, 6) is 1.29. The van der Waals surface area contributed by atoms with E-state index in [1.54, 1.807) is 14.2 Å². The highest BCUT2D eigenvalue weighted by atomic mass is 16.5. The van der Waals surface area contributed by atoms with Crippen LogP contribution >= 0.6 is 0 Å². The fourth-order valence-electron chi connectivity index (χ4n) is 3.06. The fraction of sp³-hybridized carbons (Fsp3) is 0.500. The zero-order valence-electron chi connectivity index (χ0n) is 12.9. The molecule has 0 heterocycles. The molecule has 2 rings (SSSR count). The first-order valence-corrected chi connectivity index (χ1v) is 6.96.